The fourth-order valence-electron chi connectivity index (χ4n) is 3.78. The molecule has 0 aliphatic heterocycles. The van der Waals surface area contributed by atoms with E-state index >= 15 is 0 Å². The van der Waals surface area contributed by atoms with Crippen LogP contribution in [0.25, 0.3) is 0 Å². The lowest BCUT2D eigenvalue weighted by atomic mass is 9.82. The topological polar surface area (TPSA) is 0 Å². The van der Waals surface area contributed by atoms with Crippen LogP contribution in [0.3, 0.4) is 0 Å². The molecule has 0 amide bonds. The molecule has 3 rings (SSSR count). The Morgan fingerprint density at radius 3 is 2.64 bits per heavy atom. The molecule has 0 N–H and O–H groups in total. The molecule has 3 aliphatic rings. The molecule has 0 heterocycles. The van der Waals surface area contributed by atoms with Gasteiger partial charge in [-0.05, 0) is 55.4 Å². The summed E-state index contributed by atoms with van der Waals surface area (Å²) in [5.74, 6) is 1.02. The average Bonchev–Trinajstić information content (AvgIpc) is 2.71. The van der Waals surface area contributed by atoms with Gasteiger partial charge in [0.15, 0.2) is 0 Å². The lowest BCUT2D eigenvalue weighted by Crippen LogP contribution is -2.11. The smallest absolute Gasteiger partial charge is 0.0250 e. The second-order valence-electron chi connectivity index (χ2n) is 5.62. The molecule has 2 fully saturated rings. The minimum atomic E-state index is 0.818. The van der Waals surface area contributed by atoms with Crippen LogP contribution in [-0.4, -0.2) is 0 Å². The molecular weight excluding hydrogens is 168 g/mol. The Balaban J connectivity index is 1.58. The minimum Gasteiger partial charge on any atom is -0.0617 e. The summed E-state index contributed by atoms with van der Waals surface area (Å²) in [5, 5.41) is 0. The van der Waals surface area contributed by atoms with E-state index in [9.17, 15) is 0 Å². The number of rotatable bonds is 2. The summed E-state index contributed by atoms with van der Waals surface area (Å²) in [6.07, 6.45) is 18.8. The molecule has 1 unspecified atom stereocenters. The van der Waals surface area contributed by atoms with Crippen LogP contribution >= 0.6 is 0 Å². The van der Waals surface area contributed by atoms with E-state index in [0.717, 1.165) is 11.3 Å². The normalized spacial score (nSPS) is 33.4. The van der Waals surface area contributed by atoms with E-state index in [-0.39, 0.29) is 0 Å². The Bertz CT molecular complexity index is 276. The summed E-state index contributed by atoms with van der Waals surface area (Å²) < 4.78 is 0. The summed E-state index contributed by atoms with van der Waals surface area (Å²) in [5.41, 5.74) is 2.42. The van der Waals surface area contributed by atoms with E-state index in [1.807, 2.05) is 0 Å². The third kappa shape index (κ3) is 1.45. The van der Waals surface area contributed by atoms with Crippen molar-refractivity contribution in [3.8, 4) is 0 Å². The highest BCUT2D eigenvalue weighted by molar-refractivity contribution is 5.35. The van der Waals surface area contributed by atoms with Crippen LogP contribution in [0.1, 0.15) is 51.4 Å². The lowest BCUT2D eigenvalue weighted by Gasteiger charge is -2.23. The number of allylic oxidation sites excluding steroid dienone is 4. The molecular formula is C14H20. The van der Waals surface area contributed by atoms with Crippen LogP contribution in [0.5, 0.6) is 0 Å². The van der Waals surface area contributed by atoms with Crippen molar-refractivity contribution in [1.29, 1.82) is 0 Å². The van der Waals surface area contributed by atoms with Gasteiger partial charge in [0.25, 0.3) is 0 Å². The molecule has 2 saturated carbocycles. The average molecular weight is 188 g/mol. The molecule has 3 aliphatic carbocycles. The van der Waals surface area contributed by atoms with E-state index in [1.54, 1.807) is 18.4 Å². The van der Waals surface area contributed by atoms with Crippen LogP contribution in [-0.2, 0) is 0 Å². The highest BCUT2D eigenvalue weighted by atomic mass is 14.5. The van der Waals surface area contributed by atoms with Gasteiger partial charge in [-0.3, -0.25) is 0 Å². The summed E-state index contributed by atoms with van der Waals surface area (Å²) in [7, 11) is 0. The summed E-state index contributed by atoms with van der Waals surface area (Å²) in [6.45, 7) is 0. The van der Waals surface area contributed by atoms with Gasteiger partial charge in [0, 0.05) is 0 Å². The van der Waals surface area contributed by atoms with Crippen molar-refractivity contribution in [1.82, 2.24) is 0 Å². The number of hydrogen-bond donors (Lipinski definition) is 0. The predicted octanol–water partition coefficient (Wildman–Crippen LogP) is 4.23. The lowest BCUT2D eigenvalue weighted by molar-refractivity contribution is 0.294. The van der Waals surface area contributed by atoms with Gasteiger partial charge in [-0.2, -0.15) is 0 Å². The molecule has 1 spiro atoms. The highest BCUT2D eigenvalue weighted by Crippen LogP contribution is 2.53. The molecule has 0 aromatic heterocycles. The molecule has 0 nitrogen and oxygen atoms in total. The Labute approximate surface area is 87.1 Å². The van der Waals surface area contributed by atoms with Crippen molar-refractivity contribution < 1.29 is 0 Å². The van der Waals surface area contributed by atoms with Crippen LogP contribution in [0.2, 0.25) is 0 Å². The van der Waals surface area contributed by atoms with Crippen molar-refractivity contribution in [2.45, 2.75) is 51.4 Å². The highest BCUT2D eigenvalue weighted by Gasteiger charge is 2.40. The van der Waals surface area contributed by atoms with E-state index in [4.69, 9.17) is 0 Å². The van der Waals surface area contributed by atoms with Crippen molar-refractivity contribution in [2.24, 2.45) is 11.3 Å². The van der Waals surface area contributed by atoms with Gasteiger partial charge in [-0.1, -0.05) is 31.1 Å². The van der Waals surface area contributed by atoms with E-state index in [2.05, 4.69) is 18.2 Å². The summed E-state index contributed by atoms with van der Waals surface area (Å²) in [4.78, 5) is 0. The maximum Gasteiger partial charge on any atom is -0.0250 e. The van der Waals surface area contributed by atoms with Crippen LogP contribution in [0.15, 0.2) is 23.8 Å². The van der Waals surface area contributed by atoms with Crippen molar-refractivity contribution in [2.75, 3.05) is 0 Å². The molecule has 0 aromatic carbocycles. The van der Waals surface area contributed by atoms with Crippen molar-refractivity contribution in [3.63, 3.8) is 0 Å². The molecule has 0 bridgehead atoms. The summed E-state index contributed by atoms with van der Waals surface area (Å²) in [6, 6.07) is 0. The zero-order valence-electron chi connectivity index (χ0n) is 8.97. The van der Waals surface area contributed by atoms with Crippen LogP contribution in [0.4, 0.5) is 0 Å². The van der Waals surface area contributed by atoms with Gasteiger partial charge in [0.1, 0.15) is 0 Å². The first kappa shape index (κ1) is 8.76. The molecule has 0 aromatic rings. The monoisotopic (exact) mass is 188 g/mol. The van der Waals surface area contributed by atoms with Gasteiger partial charge in [-0.15, -0.1) is 0 Å². The molecule has 76 valence electrons. The summed E-state index contributed by atoms with van der Waals surface area (Å²) >= 11 is 0. The third-order valence-corrected chi connectivity index (χ3v) is 4.61. The minimum absolute atomic E-state index is 0.818. The van der Waals surface area contributed by atoms with Gasteiger partial charge in [0.2, 0.25) is 0 Å². The fraction of sp³-hybridized carbons (Fsp3) is 0.714. The van der Waals surface area contributed by atoms with Crippen LogP contribution in [0, 0.1) is 11.3 Å². The van der Waals surface area contributed by atoms with E-state index < -0.39 is 0 Å². The van der Waals surface area contributed by atoms with Crippen molar-refractivity contribution in [3.05, 3.63) is 23.8 Å². The maximum absolute atomic E-state index is 2.29. The zero-order chi connectivity index (χ0) is 9.43. The number of hydrogen-bond acceptors (Lipinski definition) is 0. The molecule has 0 radical (unpaired) electrons. The molecule has 14 heavy (non-hydrogen) atoms. The Kier molecular flexibility index (Phi) is 2.04. The first-order chi connectivity index (χ1) is 6.86. The van der Waals surface area contributed by atoms with Crippen LogP contribution < -0.4 is 0 Å². The Hall–Kier alpha value is -0.520. The Morgan fingerprint density at radius 1 is 1.21 bits per heavy atom. The molecule has 0 heteroatoms. The molecule has 1 atom stereocenters. The van der Waals surface area contributed by atoms with Gasteiger partial charge in [-0.25, -0.2) is 0 Å². The fourth-order valence-corrected chi connectivity index (χ4v) is 3.78. The first-order valence-electron chi connectivity index (χ1n) is 6.24. The van der Waals surface area contributed by atoms with Gasteiger partial charge in [0.05, 0.1) is 0 Å². The zero-order valence-corrected chi connectivity index (χ0v) is 8.97. The van der Waals surface area contributed by atoms with E-state index in [1.165, 1.54) is 38.5 Å². The molecule has 0 saturated heterocycles. The van der Waals surface area contributed by atoms with Gasteiger partial charge < -0.3 is 0 Å². The predicted molar refractivity (Wildman–Crippen MR) is 60.1 cm³/mol. The maximum atomic E-state index is 2.29. The van der Waals surface area contributed by atoms with E-state index in [0.29, 0.717) is 0 Å². The quantitative estimate of drug-likeness (QED) is 0.608. The van der Waals surface area contributed by atoms with Gasteiger partial charge >= 0.3 is 0 Å². The second kappa shape index (κ2) is 3.25. The Morgan fingerprint density at radius 2 is 2.00 bits per heavy atom. The first-order valence-corrected chi connectivity index (χ1v) is 6.24. The SMILES string of the molecule is C1=CC(CC2CCC3(CCCC3)C2)=C1. The standard InChI is InChI=1S/C14H20/c1-2-8-14(7-1)9-6-13(11-14)10-12-4-3-5-12/h3-5,13H,1-2,6-11H2. The third-order valence-electron chi connectivity index (χ3n) is 4.61. The second-order valence-corrected chi connectivity index (χ2v) is 5.62. The largest absolute Gasteiger partial charge is 0.0617 e. The van der Waals surface area contributed by atoms with Crippen molar-refractivity contribution >= 4 is 0 Å².